The molecule has 0 spiro atoms. The van der Waals surface area contributed by atoms with Gasteiger partial charge in [0.2, 0.25) is 5.91 Å². The van der Waals surface area contributed by atoms with E-state index in [1.54, 1.807) is 13.4 Å². The third kappa shape index (κ3) is 5.69. The second-order valence-corrected chi connectivity index (χ2v) is 8.91. The number of rotatable bonds is 10. The normalized spacial score (nSPS) is 11.9. The second kappa shape index (κ2) is 11.1. The molecule has 7 nitrogen and oxygen atoms in total. The maximum atomic E-state index is 12.6. The number of benzene rings is 2. The summed E-state index contributed by atoms with van der Waals surface area (Å²) in [5.74, 6) is 2.86. The molecule has 0 aliphatic rings. The van der Waals surface area contributed by atoms with Crippen LogP contribution in [0.1, 0.15) is 37.5 Å². The summed E-state index contributed by atoms with van der Waals surface area (Å²) in [6, 6.07) is 19.4. The zero-order chi connectivity index (χ0) is 23.9. The average Bonchev–Trinajstić information content (AvgIpc) is 3.53. The van der Waals surface area contributed by atoms with Gasteiger partial charge < -0.3 is 14.5 Å². The minimum Gasteiger partial charge on any atom is -0.497 e. The van der Waals surface area contributed by atoms with Crippen molar-refractivity contribution in [1.29, 1.82) is 0 Å². The first kappa shape index (κ1) is 23.6. The molecule has 0 saturated heterocycles. The van der Waals surface area contributed by atoms with E-state index in [-0.39, 0.29) is 11.7 Å². The molecule has 0 unspecified atom stereocenters. The van der Waals surface area contributed by atoms with E-state index in [1.165, 1.54) is 17.3 Å². The molecule has 176 valence electrons. The lowest BCUT2D eigenvalue weighted by Crippen LogP contribution is -2.15. The van der Waals surface area contributed by atoms with E-state index in [0.29, 0.717) is 23.4 Å². The van der Waals surface area contributed by atoms with Crippen molar-refractivity contribution in [2.75, 3.05) is 18.2 Å². The van der Waals surface area contributed by atoms with Crippen molar-refractivity contribution in [3.8, 4) is 17.1 Å². The summed E-state index contributed by atoms with van der Waals surface area (Å²) in [5.41, 5.74) is 2.96. The Morgan fingerprint density at radius 1 is 1.12 bits per heavy atom. The van der Waals surface area contributed by atoms with E-state index in [2.05, 4.69) is 41.5 Å². The van der Waals surface area contributed by atoms with Crippen LogP contribution in [0.25, 0.3) is 11.4 Å². The smallest absolute Gasteiger partial charge is 0.234 e. The largest absolute Gasteiger partial charge is 0.497 e. The summed E-state index contributed by atoms with van der Waals surface area (Å²) in [7, 11) is 1.63. The highest BCUT2D eigenvalue weighted by atomic mass is 32.2. The second-order valence-electron chi connectivity index (χ2n) is 7.97. The van der Waals surface area contributed by atoms with Crippen LogP contribution in [0.4, 0.5) is 5.69 Å². The van der Waals surface area contributed by atoms with Crippen molar-refractivity contribution in [2.24, 2.45) is 0 Å². The number of carbonyl (C=O) groups excluding carboxylic acids is 1. The van der Waals surface area contributed by atoms with Gasteiger partial charge in [0, 0.05) is 11.3 Å². The summed E-state index contributed by atoms with van der Waals surface area (Å²) < 4.78 is 12.8. The van der Waals surface area contributed by atoms with E-state index in [4.69, 9.17) is 9.15 Å². The van der Waals surface area contributed by atoms with Gasteiger partial charge in [0.15, 0.2) is 11.0 Å². The van der Waals surface area contributed by atoms with Gasteiger partial charge in [-0.25, -0.2) is 0 Å². The Balaban J connectivity index is 1.47. The van der Waals surface area contributed by atoms with Gasteiger partial charge in [-0.1, -0.05) is 37.7 Å². The van der Waals surface area contributed by atoms with Gasteiger partial charge >= 0.3 is 0 Å². The van der Waals surface area contributed by atoms with E-state index in [9.17, 15) is 4.79 Å². The summed E-state index contributed by atoms with van der Waals surface area (Å²) >= 11 is 1.34. The van der Waals surface area contributed by atoms with Gasteiger partial charge in [0.05, 0.1) is 25.7 Å². The van der Waals surface area contributed by atoms with E-state index in [1.807, 2.05) is 53.1 Å². The number of aromatic nitrogens is 3. The molecular formula is C26H28N4O3S. The van der Waals surface area contributed by atoms with Gasteiger partial charge in [-0.15, -0.1) is 10.2 Å². The number of carbonyl (C=O) groups is 1. The molecule has 1 N–H and O–H groups in total. The van der Waals surface area contributed by atoms with Crippen LogP contribution in [0.3, 0.4) is 0 Å². The Kier molecular flexibility index (Phi) is 7.69. The molecule has 1 atom stereocenters. The van der Waals surface area contributed by atoms with Crippen LogP contribution in [0.2, 0.25) is 0 Å². The summed E-state index contributed by atoms with van der Waals surface area (Å²) in [6.07, 6.45) is 2.72. The molecule has 4 aromatic rings. The molecular weight excluding hydrogens is 448 g/mol. The molecule has 0 bridgehead atoms. The van der Waals surface area contributed by atoms with Crippen molar-refractivity contribution < 1.29 is 13.9 Å². The molecule has 0 aliphatic heterocycles. The number of nitrogens with zero attached hydrogens (tertiary/aromatic N) is 3. The number of methoxy groups -OCH3 is 1. The number of nitrogens with one attached hydrogen (secondary N) is 1. The summed E-state index contributed by atoms with van der Waals surface area (Å²) in [5, 5.41) is 12.4. The lowest BCUT2D eigenvalue weighted by atomic mass is 9.99. The number of anilines is 1. The predicted octanol–water partition coefficient (Wildman–Crippen LogP) is 5.84. The van der Waals surface area contributed by atoms with Crippen LogP contribution in [0.15, 0.2) is 76.5 Å². The number of thioether (sulfide) groups is 1. The fourth-order valence-electron chi connectivity index (χ4n) is 3.51. The third-order valence-electron chi connectivity index (χ3n) is 5.67. The van der Waals surface area contributed by atoms with Crippen molar-refractivity contribution in [1.82, 2.24) is 14.8 Å². The standard InChI is InChI=1S/C26H28N4O3S/c1-4-18(2)19-7-11-21(12-8-19)27-24(31)17-34-26-29-28-25(20-9-13-22(32-3)14-10-20)30(26)16-23-6-5-15-33-23/h5-15,18H,4,16-17H2,1-3H3,(H,27,31)/t18-/m0/s1. The first-order valence-corrected chi connectivity index (χ1v) is 12.2. The SMILES string of the molecule is CC[C@H](C)c1ccc(NC(=O)CSc2nnc(-c3ccc(OC)cc3)n2Cc2ccco2)cc1. The summed E-state index contributed by atoms with van der Waals surface area (Å²) in [4.78, 5) is 12.6. The Labute approximate surface area is 203 Å². The Hall–Kier alpha value is -3.52. The monoisotopic (exact) mass is 476 g/mol. The van der Waals surface area contributed by atoms with Crippen LogP contribution in [-0.4, -0.2) is 33.5 Å². The lowest BCUT2D eigenvalue weighted by Gasteiger charge is -2.11. The number of ether oxygens (including phenoxy) is 1. The number of hydrogen-bond acceptors (Lipinski definition) is 6. The van der Waals surface area contributed by atoms with Gasteiger partial charge in [0.1, 0.15) is 11.5 Å². The maximum absolute atomic E-state index is 12.6. The molecule has 4 rings (SSSR count). The molecule has 8 heteroatoms. The molecule has 0 saturated carbocycles. The van der Waals surface area contributed by atoms with Crippen LogP contribution >= 0.6 is 11.8 Å². The highest BCUT2D eigenvalue weighted by Crippen LogP contribution is 2.27. The molecule has 2 heterocycles. The topological polar surface area (TPSA) is 82.2 Å². The quantitative estimate of drug-likeness (QED) is 0.290. The Morgan fingerprint density at radius 3 is 2.53 bits per heavy atom. The van der Waals surface area contributed by atoms with Crippen LogP contribution in [0, 0.1) is 0 Å². The molecule has 2 aromatic heterocycles. The minimum atomic E-state index is -0.0974. The molecule has 0 fully saturated rings. The summed E-state index contributed by atoms with van der Waals surface area (Å²) in [6.45, 7) is 4.83. The Bertz CT molecular complexity index is 1200. The minimum absolute atomic E-state index is 0.0974. The zero-order valence-corrected chi connectivity index (χ0v) is 20.3. The maximum Gasteiger partial charge on any atom is 0.234 e. The number of hydrogen-bond donors (Lipinski definition) is 1. The lowest BCUT2D eigenvalue weighted by molar-refractivity contribution is -0.113. The fourth-order valence-corrected chi connectivity index (χ4v) is 4.25. The molecule has 0 aliphatic carbocycles. The molecule has 1 amide bonds. The predicted molar refractivity (Wildman–Crippen MR) is 134 cm³/mol. The van der Waals surface area contributed by atoms with Gasteiger partial charge in [-0.3, -0.25) is 9.36 Å². The average molecular weight is 477 g/mol. The third-order valence-corrected chi connectivity index (χ3v) is 6.63. The number of furan rings is 1. The Morgan fingerprint density at radius 2 is 1.88 bits per heavy atom. The van der Waals surface area contributed by atoms with Gasteiger partial charge in [-0.2, -0.15) is 0 Å². The molecule has 0 radical (unpaired) electrons. The van der Waals surface area contributed by atoms with Crippen molar-refractivity contribution in [3.05, 3.63) is 78.3 Å². The van der Waals surface area contributed by atoms with Crippen LogP contribution in [0.5, 0.6) is 5.75 Å². The first-order valence-electron chi connectivity index (χ1n) is 11.2. The fraction of sp³-hybridized carbons (Fsp3) is 0.269. The van der Waals surface area contributed by atoms with Gasteiger partial charge in [0.25, 0.3) is 0 Å². The van der Waals surface area contributed by atoms with Gasteiger partial charge in [-0.05, 0) is 66.4 Å². The van der Waals surface area contributed by atoms with Crippen molar-refractivity contribution >= 4 is 23.4 Å². The van der Waals surface area contributed by atoms with E-state index < -0.39 is 0 Å². The molecule has 2 aromatic carbocycles. The van der Waals surface area contributed by atoms with E-state index in [0.717, 1.165) is 29.2 Å². The zero-order valence-electron chi connectivity index (χ0n) is 19.5. The highest BCUT2D eigenvalue weighted by Gasteiger charge is 2.17. The first-order chi connectivity index (χ1) is 16.6. The van der Waals surface area contributed by atoms with Crippen LogP contribution < -0.4 is 10.1 Å². The highest BCUT2D eigenvalue weighted by molar-refractivity contribution is 7.99. The van der Waals surface area contributed by atoms with Crippen molar-refractivity contribution in [3.63, 3.8) is 0 Å². The van der Waals surface area contributed by atoms with E-state index >= 15 is 0 Å². The molecule has 34 heavy (non-hydrogen) atoms. The van der Waals surface area contributed by atoms with Crippen LogP contribution in [-0.2, 0) is 11.3 Å². The number of amides is 1. The van der Waals surface area contributed by atoms with Crippen molar-refractivity contribution in [2.45, 2.75) is 37.9 Å².